The summed E-state index contributed by atoms with van der Waals surface area (Å²) in [6.45, 7) is 18.6. The molecule has 1 aliphatic rings. The van der Waals surface area contributed by atoms with Crippen molar-refractivity contribution in [2.45, 2.75) is 100 Å². The Labute approximate surface area is 170 Å². The molecule has 0 radical (unpaired) electrons. The first-order valence-corrected chi connectivity index (χ1v) is 10.5. The van der Waals surface area contributed by atoms with Crippen LogP contribution in [0.2, 0.25) is 0 Å². The summed E-state index contributed by atoms with van der Waals surface area (Å²) < 4.78 is 0. The van der Waals surface area contributed by atoms with E-state index in [2.05, 4.69) is 55.4 Å². The molecule has 3 atom stereocenters. The van der Waals surface area contributed by atoms with E-state index >= 15 is 0 Å². The Kier molecular flexibility index (Phi) is 8.51. The van der Waals surface area contributed by atoms with Crippen molar-refractivity contribution >= 4 is 11.9 Å². The van der Waals surface area contributed by atoms with Gasteiger partial charge in [0.25, 0.3) is 0 Å². The van der Waals surface area contributed by atoms with Gasteiger partial charge in [-0.2, -0.15) is 9.78 Å². The maximum absolute atomic E-state index is 12.6. The van der Waals surface area contributed by atoms with Crippen molar-refractivity contribution in [2.75, 3.05) is 0 Å². The van der Waals surface area contributed by atoms with E-state index in [1.165, 1.54) is 0 Å². The number of carbonyl (C=O) groups excluding carboxylic acids is 2. The Morgan fingerprint density at radius 1 is 0.929 bits per heavy atom. The normalized spacial score (nSPS) is 19.5. The van der Waals surface area contributed by atoms with E-state index in [1.54, 1.807) is 0 Å². The van der Waals surface area contributed by atoms with E-state index in [4.69, 9.17) is 19.6 Å². The highest BCUT2D eigenvalue weighted by Gasteiger charge is 2.64. The molecule has 3 unspecified atom stereocenters. The Morgan fingerprint density at radius 2 is 1.46 bits per heavy atom. The summed E-state index contributed by atoms with van der Waals surface area (Å²) in [5.41, 5.74) is 0.0926. The number of rotatable bonds is 9. The smallest absolute Gasteiger partial charge is 0.247 e. The summed E-state index contributed by atoms with van der Waals surface area (Å²) in [6, 6.07) is 0. The highest BCUT2D eigenvalue weighted by molar-refractivity contribution is 5.80. The lowest BCUT2D eigenvalue weighted by molar-refractivity contribution is -0.269. The molecule has 0 aromatic carbocycles. The molecular weight excluding hydrogens is 360 g/mol. The van der Waals surface area contributed by atoms with Gasteiger partial charge in [-0.3, -0.25) is 0 Å². The third kappa shape index (κ3) is 7.70. The van der Waals surface area contributed by atoms with Crippen molar-refractivity contribution in [3.63, 3.8) is 0 Å². The largest absolute Gasteiger partial charge is 0.420 e. The molecule has 0 saturated carbocycles. The predicted molar refractivity (Wildman–Crippen MR) is 107 cm³/mol. The quantitative estimate of drug-likeness (QED) is 0.285. The summed E-state index contributed by atoms with van der Waals surface area (Å²) in [4.78, 5) is 44.9. The number of hydrogen-bond acceptors (Lipinski definition) is 6. The summed E-state index contributed by atoms with van der Waals surface area (Å²) in [5.74, 6) is -3.19. The maximum atomic E-state index is 12.6. The van der Waals surface area contributed by atoms with Crippen LogP contribution in [-0.2, 0) is 29.1 Å². The van der Waals surface area contributed by atoms with E-state index < -0.39 is 17.7 Å². The van der Waals surface area contributed by atoms with Crippen LogP contribution in [-0.4, -0.2) is 17.7 Å². The molecule has 1 heterocycles. The zero-order valence-electron chi connectivity index (χ0n) is 19.2. The lowest BCUT2D eigenvalue weighted by Crippen LogP contribution is -2.37. The summed E-state index contributed by atoms with van der Waals surface area (Å²) in [5, 5.41) is 0. The average Bonchev–Trinajstić information content (AvgIpc) is 3.31. The van der Waals surface area contributed by atoms with E-state index in [-0.39, 0.29) is 28.6 Å². The Morgan fingerprint density at radius 3 is 1.89 bits per heavy atom. The van der Waals surface area contributed by atoms with Crippen molar-refractivity contribution in [2.24, 2.45) is 28.6 Å². The van der Waals surface area contributed by atoms with Gasteiger partial charge in [0.15, 0.2) is 0 Å². The highest BCUT2D eigenvalue weighted by Crippen LogP contribution is 2.44. The molecular formula is C22H40O6. The molecule has 0 bridgehead atoms. The van der Waals surface area contributed by atoms with Gasteiger partial charge in [0, 0.05) is 5.92 Å². The summed E-state index contributed by atoms with van der Waals surface area (Å²) in [7, 11) is 0. The molecule has 6 nitrogen and oxygen atoms in total. The fourth-order valence-corrected chi connectivity index (χ4v) is 3.90. The first-order chi connectivity index (χ1) is 12.7. The number of unbranched alkanes of at least 4 members (excludes halogenated alkanes) is 1. The molecule has 6 heteroatoms. The fraction of sp³-hybridized carbons (Fsp3) is 0.909. The molecule has 28 heavy (non-hydrogen) atoms. The average molecular weight is 401 g/mol. The van der Waals surface area contributed by atoms with Gasteiger partial charge in [0.1, 0.15) is 0 Å². The molecule has 1 fully saturated rings. The minimum atomic E-state index is -1.47. The second-order valence-electron chi connectivity index (χ2n) is 10.8. The maximum Gasteiger partial charge on any atom is 0.420 e. The topological polar surface area (TPSA) is 77.7 Å². The highest BCUT2D eigenvalue weighted by atomic mass is 17.4. The summed E-state index contributed by atoms with van der Waals surface area (Å²) in [6.07, 6.45) is 4.19. The molecule has 164 valence electrons. The van der Waals surface area contributed by atoms with Crippen LogP contribution < -0.4 is 0 Å². The van der Waals surface area contributed by atoms with Crippen LogP contribution in [0, 0.1) is 28.6 Å². The van der Waals surface area contributed by atoms with Crippen molar-refractivity contribution in [3.8, 4) is 0 Å². The predicted octanol–water partition coefficient (Wildman–Crippen LogP) is 5.60. The van der Waals surface area contributed by atoms with Gasteiger partial charge >= 0.3 is 17.7 Å². The van der Waals surface area contributed by atoms with Crippen molar-refractivity contribution in [3.05, 3.63) is 0 Å². The number of carbonyl (C=O) groups is 2. The van der Waals surface area contributed by atoms with Crippen molar-refractivity contribution in [1.29, 1.82) is 0 Å². The molecule has 0 aromatic heterocycles. The van der Waals surface area contributed by atoms with Gasteiger partial charge in [-0.1, -0.05) is 75.2 Å². The second kappa shape index (κ2) is 9.57. The van der Waals surface area contributed by atoms with E-state index in [1.807, 2.05) is 6.92 Å². The molecule has 0 spiro atoms. The van der Waals surface area contributed by atoms with Gasteiger partial charge < -0.3 is 0 Å². The van der Waals surface area contributed by atoms with Crippen molar-refractivity contribution < 1.29 is 29.1 Å². The van der Waals surface area contributed by atoms with Gasteiger partial charge in [-0.25, -0.2) is 19.4 Å². The minimum absolute atomic E-state index is 0.00762. The zero-order chi connectivity index (χ0) is 21.8. The summed E-state index contributed by atoms with van der Waals surface area (Å²) >= 11 is 0. The number of hydrogen-bond donors (Lipinski definition) is 0. The van der Waals surface area contributed by atoms with Crippen molar-refractivity contribution in [1.82, 2.24) is 0 Å². The van der Waals surface area contributed by atoms with E-state index in [0.29, 0.717) is 12.8 Å². The van der Waals surface area contributed by atoms with E-state index in [9.17, 15) is 9.59 Å². The van der Waals surface area contributed by atoms with Crippen LogP contribution in [0.4, 0.5) is 0 Å². The fourth-order valence-electron chi connectivity index (χ4n) is 3.90. The van der Waals surface area contributed by atoms with Gasteiger partial charge in [0.2, 0.25) is 0 Å². The van der Waals surface area contributed by atoms with Gasteiger partial charge in [-0.05, 0) is 36.0 Å². The molecule has 1 saturated heterocycles. The monoisotopic (exact) mass is 400 g/mol. The van der Waals surface area contributed by atoms with Gasteiger partial charge in [0.05, 0.1) is 5.92 Å². The Hall–Kier alpha value is -1.14. The minimum Gasteiger partial charge on any atom is -0.247 e. The molecule has 1 rings (SSSR count). The van der Waals surface area contributed by atoms with Crippen LogP contribution in [0.5, 0.6) is 0 Å². The Balaban J connectivity index is 2.69. The molecule has 0 amide bonds. The lowest BCUT2D eigenvalue weighted by Gasteiger charge is -2.28. The molecule has 0 aromatic rings. The standard InChI is InChI=1S/C22H40O6/c1-10-11-12-17(15(2)13-20(4,5)6)18(23)25-26-19(24)22(27-28-22)16(3)14-21(7,8)9/h15-17H,10-14H2,1-9H3. The zero-order valence-corrected chi connectivity index (χ0v) is 19.2. The van der Waals surface area contributed by atoms with Crippen LogP contribution in [0.25, 0.3) is 0 Å². The van der Waals surface area contributed by atoms with E-state index in [0.717, 1.165) is 19.3 Å². The van der Waals surface area contributed by atoms with Crippen LogP contribution in [0.15, 0.2) is 0 Å². The van der Waals surface area contributed by atoms with Crippen LogP contribution in [0.3, 0.4) is 0 Å². The third-order valence-corrected chi connectivity index (χ3v) is 5.11. The first kappa shape index (κ1) is 24.9. The van der Waals surface area contributed by atoms with Crippen LogP contribution in [0.1, 0.15) is 94.4 Å². The third-order valence-electron chi connectivity index (χ3n) is 5.11. The second-order valence-corrected chi connectivity index (χ2v) is 10.8. The SMILES string of the molecule is CCCCC(C(=O)OOC(=O)C1(C(C)CC(C)(C)C)OO1)C(C)CC(C)(C)C. The molecule has 0 aliphatic carbocycles. The molecule has 0 N–H and O–H groups in total. The van der Waals surface area contributed by atoms with Gasteiger partial charge in [-0.15, -0.1) is 0 Å². The van der Waals surface area contributed by atoms with Crippen LogP contribution >= 0.6 is 0 Å². The Bertz CT molecular complexity index is 524. The lowest BCUT2D eigenvalue weighted by atomic mass is 9.78. The molecule has 1 aliphatic heterocycles. The first-order valence-electron chi connectivity index (χ1n) is 10.5.